The molecular weight excluding hydrogens is 390 g/mol. The quantitative estimate of drug-likeness (QED) is 0.570. The van der Waals surface area contributed by atoms with Crippen LogP contribution in [-0.2, 0) is 16.0 Å². The lowest BCUT2D eigenvalue weighted by Gasteiger charge is -2.12. The summed E-state index contributed by atoms with van der Waals surface area (Å²) in [6.07, 6.45) is 0.0545. The number of anilines is 1. The first-order valence-corrected chi connectivity index (χ1v) is 9.97. The molecule has 0 atom stereocenters. The molecule has 0 aliphatic carbocycles. The zero-order valence-electron chi connectivity index (χ0n) is 16.8. The van der Waals surface area contributed by atoms with Crippen molar-refractivity contribution in [3.8, 4) is 11.5 Å². The molecule has 0 radical (unpaired) electrons. The molecule has 29 heavy (non-hydrogen) atoms. The van der Waals surface area contributed by atoms with Crippen LogP contribution in [0.3, 0.4) is 0 Å². The van der Waals surface area contributed by atoms with Gasteiger partial charge in [-0.05, 0) is 49.7 Å². The molecule has 3 rings (SSSR count). The second-order valence-corrected chi connectivity index (χ2v) is 7.75. The Morgan fingerprint density at radius 2 is 1.90 bits per heavy atom. The van der Waals surface area contributed by atoms with Crippen LogP contribution in [0.25, 0.3) is 10.1 Å². The molecule has 6 nitrogen and oxygen atoms in total. The lowest BCUT2D eigenvalue weighted by atomic mass is 10.1. The number of hydrogen-bond donors (Lipinski definition) is 1. The van der Waals surface area contributed by atoms with Crippen molar-refractivity contribution in [2.45, 2.75) is 26.4 Å². The molecule has 1 heterocycles. The Balaban J connectivity index is 1.92. The average Bonchev–Trinajstić information content (AvgIpc) is 3.05. The summed E-state index contributed by atoms with van der Waals surface area (Å²) < 4.78 is 16.9. The van der Waals surface area contributed by atoms with Gasteiger partial charge in [0.25, 0.3) is 5.91 Å². The normalized spacial score (nSPS) is 10.8. The van der Waals surface area contributed by atoms with Gasteiger partial charge < -0.3 is 19.5 Å². The summed E-state index contributed by atoms with van der Waals surface area (Å²) in [5.41, 5.74) is 1.36. The number of fused-ring (bicyclic) bond motifs is 1. The van der Waals surface area contributed by atoms with Crippen molar-refractivity contribution in [1.82, 2.24) is 0 Å². The summed E-state index contributed by atoms with van der Waals surface area (Å²) in [6, 6.07) is 12.8. The minimum Gasteiger partial charge on any atom is -0.497 e. The van der Waals surface area contributed by atoms with Crippen LogP contribution >= 0.6 is 11.3 Å². The predicted octanol–water partition coefficient (Wildman–Crippen LogP) is 4.66. The number of ether oxygens (including phenoxy) is 3. The molecule has 0 spiro atoms. The zero-order chi connectivity index (χ0) is 21.0. The van der Waals surface area contributed by atoms with E-state index in [1.165, 1.54) is 18.4 Å². The minimum atomic E-state index is -0.334. The Labute approximate surface area is 173 Å². The van der Waals surface area contributed by atoms with Crippen molar-refractivity contribution in [2.24, 2.45) is 0 Å². The number of rotatable bonds is 7. The smallest absolute Gasteiger partial charge is 0.309 e. The largest absolute Gasteiger partial charge is 0.497 e. The second kappa shape index (κ2) is 8.96. The van der Waals surface area contributed by atoms with Crippen LogP contribution < -0.4 is 14.8 Å². The van der Waals surface area contributed by atoms with Gasteiger partial charge in [0.2, 0.25) is 0 Å². The topological polar surface area (TPSA) is 73.9 Å². The Hall–Kier alpha value is -3.06. The van der Waals surface area contributed by atoms with E-state index in [2.05, 4.69) is 5.32 Å². The van der Waals surface area contributed by atoms with Crippen molar-refractivity contribution >= 4 is 39.0 Å². The van der Waals surface area contributed by atoms with Crippen LogP contribution in [0.2, 0.25) is 0 Å². The van der Waals surface area contributed by atoms with Gasteiger partial charge in [0.1, 0.15) is 10.6 Å². The third-order valence-corrected chi connectivity index (χ3v) is 5.32. The average molecular weight is 413 g/mol. The number of carbonyl (C=O) groups is 2. The highest BCUT2D eigenvalue weighted by molar-refractivity contribution is 7.21. The maximum absolute atomic E-state index is 13.0. The first kappa shape index (κ1) is 20.7. The Morgan fingerprint density at radius 1 is 1.10 bits per heavy atom. The minimum absolute atomic E-state index is 0.0889. The zero-order valence-corrected chi connectivity index (χ0v) is 17.6. The number of esters is 1. The fourth-order valence-corrected chi connectivity index (χ4v) is 3.88. The Morgan fingerprint density at radius 3 is 2.59 bits per heavy atom. The van der Waals surface area contributed by atoms with E-state index in [0.29, 0.717) is 22.1 Å². The van der Waals surface area contributed by atoms with Gasteiger partial charge in [-0.2, -0.15) is 0 Å². The van der Waals surface area contributed by atoms with E-state index in [4.69, 9.17) is 14.2 Å². The molecule has 152 valence electrons. The van der Waals surface area contributed by atoms with Crippen LogP contribution in [0.4, 0.5) is 5.69 Å². The molecule has 0 unspecified atom stereocenters. The van der Waals surface area contributed by atoms with Crippen molar-refractivity contribution < 1.29 is 23.8 Å². The van der Waals surface area contributed by atoms with E-state index in [1.54, 1.807) is 25.3 Å². The van der Waals surface area contributed by atoms with Gasteiger partial charge in [-0.1, -0.05) is 12.1 Å². The molecule has 0 fully saturated rings. The number of hydrogen-bond acceptors (Lipinski definition) is 6. The van der Waals surface area contributed by atoms with Gasteiger partial charge in [-0.3, -0.25) is 9.59 Å². The molecule has 0 saturated heterocycles. The highest BCUT2D eigenvalue weighted by Gasteiger charge is 2.21. The van der Waals surface area contributed by atoms with Crippen LogP contribution in [-0.4, -0.2) is 32.2 Å². The van der Waals surface area contributed by atoms with Crippen molar-refractivity contribution in [3.05, 3.63) is 52.9 Å². The van der Waals surface area contributed by atoms with Gasteiger partial charge in [0.15, 0.2) is 5.75 Å². The Kier molecular flexibility index (Phi) is 6.39. The fraction of sp³-hybridized carbons (Fsp3) is 0.273. The van der Waals surface area contributed by atoms with Crippen LogP contribution in [0, 0.1) is 0 Å². The maximum atomic E-state index is 13.0. The number of methoxy groups -OCH3 is 2. The molecule has 2 aromatic carbocycles. The maximum Gasteiger partial charge on any atom is 0.309 e. The summed E-state index contributed by atoms with van der Waals surface area (Å²) in [4.78, 5) is 25.0. The second-order valence-electron chi connectivity index (χ2n) is 6.70. The van der Waals surface area contributed by atoms with Gasteiger partial charge in [0, 0.05) is 15.8 Å². The lowest BCUT2D eigenvalue weighted by Crippen LogP contribution is -2.14. The monoisotopic (exact) mass is 413 g/mol. The molecule has 0 saturated carbocycles. The van der Waals surface area contributed by atoms with Gasteiger partial charge >= 0.3 is 5.97 Å². The highest BCUT2D eigenvalue weighted by Crippen LogP contribution is 2.40. The first-order valence-electron chi connectivity index (χ1n) is 9.15. The number of nitrogens with one attached hydrogen (secondary N) is 1. The highest BCUT2D eigenvalue weighted by atomic mass is 32.1. The van der Waals surface area contributed by atoms with Crippen LogP contribution in [0.15, 0.2) is 42.5 Å². The fourth-order valence-electron chi connectivity index (χ4n) is 2.87. The van der Waals surface area contributed by atoms with E-state index < -0.39 is 0 Å². The summed E-state index contributed by atoms with van der Waals surface area (Å²) >= 11 is 1.36. The first-order chi connectivity index (χ1) is 13.9. The molecule has 3 aromatic rings. The van der Waals surface area contributed by atoms with E-state index >= 15 is 0 Å². The molecule has 1 aromatic heterocycles. The molecular formula is C22H23NO5S. The van der Waals surface area contributed by atoms with Gasteiger partial charge in [-0.15, -0.1) is 11.3 Å². The van der Waals surface area contributed by atoms with E-state index in [-0.39, 0.29) is 24.4 Å². The van der Waals surface area contributed by atoms with E-state index in [1.807, 2.05) is 38.1 Å². The number of thiophene rings is 1. The summed E-state index contributed by atoms with van der Waals surface area (Å²) in [5, 5.41) is 3.74. The predicted molar refractivity (Wildman–Crippen MR) is 114 cm³/mol. The van der Waals surface area contributed by atoms with Gasteiger partial charge in [-0.25, -0.2) is 0 Å². The lowest BCUT2D eigenvalue weighted by molar-refractivity contribution is -0.139. The van der Waals surface area contributed by atoms with Crippen LogP contribution in [0.1, 0.15) is 29.1 Å². The molecule has 0 bridgehead atoms. The van der Waals surface area contributed by atoms with Crippen molar-refractivity contribution in [2.75, 3.05) is 19.5 Å². The third-order valence-electron chi connectivity index (χ3n) is 4.17. The van der Waals surface area contributed by atoms with Crippen molar-refractivity contribution in [1.29, 1.82) is 0 Å². The third kappa shape index (κ3) is 4.86. The standard InChI is InChI=1S/C22H23NO5S/c1-13(2)28-20-17-12-16(26-3)8-9-18(17)29-21(20)22(25)23-15-7-5-6-14(10-15)11-19(24)27-4/h5-10,12-13H,11H2,1-4H3,(H,23,25). The van der Waals surface area contributed by atoms with E-state index in [9.17, 15) is 9.59 Å². The molecule has 1 N–H and O–H groups in total. The molecule has 7 heteroatoms. The summed E-state index contributed by atoms with van der Waals surface area (Å²) in [5.74, 6) is 0.643. The SMILES string of the molecule is COC(=O)Cc1cccc(NC(=O)c2sc3ccc(OC)cc3c2OC(C)C)c1. The summed E-state index contributed by atoms with van der Waals surface area (Å²) in [7, 11) is 2.95. The van der Waals surface area contributed by atoms with E-state index in [0.717, 1.165) is 15.6 Å². The van der Waals surface area contributed by atoms with Gasteiger partial charge in [0.05, 0.1) is 26.7 Å². The summed E-state index contributed by atoms with van der Waals surface area (Å²) in [6.45, 7) is 3.84. The van der Waals surface area contributed by atoms with Crippen LogP contribution in [0.5, 0.6) is 11.5 Å². The molecule has 0 aliphatic heterocycles. The Bertz CT molecular complexity index is 1040. The number of amides is 1. The number of carbonyl (C=O) groups excluding carboxylic acids is 2. The molecule has 0 aliphatic rings. The number of benzene rings is 2. The molecule has 1 amide bonds. The van der Waals surface area contributed by atoms with Crippen molar-refractivity contribution in [3.63, 3.8) is 0 Å².